The quantitative estimate of drug-likeness (QED) is 0.815. The van der Waals surface area contributed by atoms with Crippen LogP contribution in [0, 0.1) is 0 Å². The van der Waals surface area contributed by atoms with Crippen LogP contribution in [0.3, 0.4) is 0 Å². The average molecular weight is 336 g/mol. The van der Waals surface area contributed by atoms with Crippen molar-refractivity contribution in [1.29, 1.82) is 0 Å². The molecular weight excluding hydrogens is 314 g/mol. The third-order valence-corrected chi connectivity index (χ3v) is 4.21. The summed E-state index contributed by atoms with van der Waals surface area (Å²) >= 11 is 0. The van der Waals surface area contributed by atoms with Crippen LogP contribution in [0.1, 0.15) is 6.92 Å². The Hall–Kier alpha value is -0.860. The van der Waals surface area contributed by atoms with Crippen molar-refractivity contribution in [3.8, 4) is 5.75 Å². The van der Waals surface area contributed by atoms with Crippen molar-refractivity contribution in [1.82, 2.24) is 10.2 Å². The van der Waals surface area contributed by atoms with Gasteiger partial charge in [-0.2, -0.15) is 0 Å². The van der Waals surface area contributed by atoms with Gasteiger partial charge in [0.05, 0.1) is 4.90 Å². The maximum Gasteiger partial charge on any atom is 0.238 e. The number of primary sulfonamides is 1. The lowest BCUT2D eigenvalue weighted by Gasteiger charge is -2.31. The van der Waals surface area contributed by atoms with Crippen molar-refractivity contribution >= 4 is 22.4 Å². The lowest BCUT2D eigenvalue weighted by atomic mass is 10.2. The number of sulfonamides is 1. The normalized spacial score (nSPS) is 19.8. The van der Waals surface area contributed by atoms with E-state index in [0.29, 0.717) is 18.4 Å². The molecule has 120 valence electrons. The summed E-state index contributed by atoms with van der Waals surface area (Å²) in [5.74, 6) is 0.653. The number of ether oxygens (including phenoxy) is 1. The second kappa shape index (κ2) is 7.95. The molecule has 1 aliphatic heterocycles. The highest BCUT2D eigenvalue weighted by Crippen LogP contribution is 2.14. The minimum atomic E-state index is -3.63. The van der Waals surface area contributed by atoms with E-state index >= 15 is 0 Å². The minimum absolute atomic E-state index is 0. The van der Waals surface area contributed by atoms with Crippen LogP contribution in [0.4, 0.5) is 0 Å². The van der Waals surface area contributed by atoms with E-state index in [9.17, 15) is 8.42 Å². The van der Waals surface area contributed by atoms with Gasteiger partial charge in [-0.3, -0.25) is 4.90 Å². The summed E-state index contributed by atoms with van der Waals surface area (Å²) in [5, 5.41) is 8.43. The maximum atomic E-state index is 11.1. The summed E-state index contributed by atoms with van der Waals surface area (Å²) in [6, 6.07) is 6.67. The number of piperazine rings is 1. The van der Waals surface area contributed by atoms with Crippen LogP contribution < -0.4 is 15.2 Å². The molecule has 0 radical (unpaired) electrons. The fourth-order valence-corrected chi connectivity index (χ4v) is 2.75. The zero-order valence-corrected chi connectivity index (χ0v) is 13.6. The fraction of sp³-hybridized carbons (Fsp3) is 0.538. The van der Waals surface area contributed by atoms with Crippen LogP contribution in [-0.4, -0.2) is 52.1 Å². The van der Waals surface area contributed by atoms with Crippen molar-refractivity contribution in [3.63, 3.8) is 0 Å². The summed E-state index contributed by atoms with van der Waals surface area (Å²) in [5.41, 5.74) is 0. The second-order valence-electron chi connectivity index (χ2n) is 5.02. The molecule has 1 aromatic carbocycles. The van der Waals surface area contributed by atoms with Crippen molar-refractivity contribution < 1.29 is 13.2 Å². The topological polar surface area (TPSA) is 84.7 Å². The van der Waals surface area contributed by atoms with Gasteiger partial charge in [-0.25, -0.2) is 13.6 Å². The Morgan fingerprint density at radius 1 is 1.38 bits per heavy atom. The summed E-state index contributed by atoms with van der Waals surface area (Å²) in [7, 11) is -3.63. The van der Waals surface area contributed by atoms with Gasteiger partial charge >= 0.3 is 0 Å². The third kappa shape index (κ3) is 5.80. The Kier molecular flexibility index (Phi) is 6.89. The Balaban J connectivity index is 0.00000220. The van der Waals surface area contributed by atoms with Crippen LogP contribution in [0.25, 0.3) is 0 Å². The molecular formula is C13H22ClN3O3S. The number of rotatable bonds is 5. The maximum absolute atomic E-state index is 11.1. The number of halogens is 1. The van der Waals surface area contributed by atoms with Crippen LogP contribution in [0.5, 0.6) is 5.75 Å². The van der Waals surface area contributed by atoms with Gasteiger partial charge in [0.1, 0.15) is 12.4 Å². The molecule has 6 nitrogen and oxygen atoms in total. The smallest absolute Gasteiger partial charge is 0.238 e. The first kappa shape index (κ1) is 18.2. The number of hydrogen-bond acceptors (Lipinski definition) is 5. The Morgan fingerprint density at radius 2 is 2.05 bits per heavy atom. The summed E-state index contributed by atoms with van der Waals surface area (Å²) in [6.45, 7) is 6.67. The molecule has 1 aromatic rings. The van der Waals surface area contributed by atoms with E-state index in [1.54, 1.807) is 12.1 Å². The van der Waals surface area contributed by atoms with Gasteiger partial charge < -0.3 is 10.1 Å². The van der Waals surface area contributed by atoms with E-state index in [4.69, 9.17) is 9.88 Å². The molecule has 0 bridgehead atoms. The zero-order valence-electron chi connectivity index (χ0n) is 12.0. The summed E-state index contributed by atoms with van der Waals surface area (Å²) in [6.07, 6.45) is 0. The van der Waals surface area contributed by atoms with E-state index in [0.717, 1.165) is 26.2 Å². The molecule has 1 saturated heterocycles. The first-order chi connectivity index (χ1) is 9.45. The van der Waals surface area contributed by atoms with E-state index in [-0.39, 0.29) is 17.3 Å². The molecule has 1 atom stereocenters. The molecule has 1 aliphatic rings. The molecule has 0 spiro atoms. The average Bonchev–Trinajstić information content (AvgIpc) is 2.38. The highest BCUT2D eigenvalue weighted by molar-refractivity contribution is 7.89. The molecule has 1 heterocycles. The largest absolute Gasteiger partial charge is 0.492 e. The molecule has 1 fully saturated rings. The SMILES string of the molecule is CC1CN(CCOc2ccc(S(N)(=O)=O)cc2)CCN1.Cl. The van der Waals surface area contributed by atoms with Gasteiger partial charge in [0.25, 0.3) is 0 Å². The lowest BCUT2D eigenvalue weighted by Crippen LogP contribution is -2.50. The van der Waals surface area contributed by atoms with Gasteiger partial charge in [-0.05, 0) is 31.2 Å². The third-order valence-electron chi connectivity index (χ3n) is 3.28. The highest BCUT2D eigenvalue weighted by atomic mass is 35.5. The predicted octanol–water partition coefficient (Wildman–Crippen LogP) is 0.428. The predicted molar refractivity (Wildman–Crippen MR) is 84.5 cm³/mol. The molecule has 2 rings (SSSR count). The van der Waals surface area contributed by atoms with E-state index in [1.165, 1.54) is 12.1 Å². The van der Waals surface area contributed by atoms with Crippen LogP contribution in [0.2, 0.25) is 0 Å². The number of nitrogens with zero attached hydrogens (tertiary/aromatic N) is 1. The fourth-order valence-electron chi connectivity index (χ4n) is 2.23. The standard InChI is InChI=1S/C13H21N3O3S.ClH/c1-11-10-16(7-6-15-11)8-9-19-12-2-4-13(5-3-12)20(14,17)18;/h2-5,11,15H,6-10H2,1H3,(H2,14,17,18);1H. The molecule has 3 N–H and O–H groups in total. The molecule has 0 aliphatic carbocycles. The van der Waals surface area contributed by atoms with Gasteiger partial charge in [0, 0.05) is 32.2 Å². The Labute approximate surface area is 132 Å². The van der Waals surface area contributed by atoms with Crippen molar-refractivity contribution in [2.24, 2.45) is 5.14 Å². The van der Waals surface area contributed by atoms with Crippen LogP contribution in [-0.2, 0) is 10.0 Å². The highest BCUT2D eigenvalue weighted by Gasteiger charge is 2.14. The molecule has 0 amide bonds. The second-order valence-corrected chi connectivity index (χ2v) is 6.58. The van der Waals surface area contributed by atoms with E-state index in [1.807, 2.05) is 0 Å². The van der Waals surface area contributed by atoms with E-state index in [2.05, 4.69) is 17.1 Å². The van der Waals surface area contributed by atoms with Crippen LogP contribution >= 0.6 is 12.4 Å². The first-order valence-corrected chi connectivity index (χ1v) is 8.21. The first-order valence-electron chi connectivity index (χ1n) is 6.66. The van der Waals surface area contributed by atoms with Crippen molar-refractivity contribution in [3.05, 3.63) is 24.3 Å². The van der Waals surface area contributed by atoms with Crippen molar-refractivity contribution in [2.45, 2.75) is 17.9 Å². The van der Waals surface area contributed by atoms with Gasteiger partial charge in [0.15, 0.2) is 0 Å². The molecule has 0 saturated carbocycles. The molecule has 21 heavy (non-hydrogen) atoms. The number of nitrogens with two attached hydrogens (primary N) is 1. The van der Waals surface area contributed by atoms with Crippen LogP contribution in [0.15, 0.2) is 29.2 Å². The number of nitrogens with one attached hydrogen (secondary N) is 1. The monoisotopic (exact) mass is 335 g/mol. The summed E-state index contributed by atoms with van der Waals surface area (Å²) in [4.78, 5) is 2.45. The minimum Gasteiger partial charge on any atom is -0.492 e. The Bertz CT molecular complexity index is 536. The Morgan fingerprint density at radius 3 is 2.62 bits per heavy atom. The molecule has 8 heteroatoms. The molecule has 0 aromatic heterocycles. The summed E-state index contributed by atoms with van der Waals surface area (Å²) < 4.78 is 27.9. The van der Waals surface area contributed by atoms with E-state index < -0.39 is 10.0 Å². The van der Waals surface area contributed by atoms with Crippen molar-refractivity contribution in [2.75, 3.05) is 32.8 Å². The number of benzene rings is 1. The van der Waals surface area contributed by atoms with Gasteiger partial charge in [-0.1, -0.05) is 0 Å². The zero-order chi connectivity index (χ0) is 14.6. The number of hydrogen-bond donors (Lipinski definition) is 2. The lowest BCUT2D eigenvalue weighted by molar-refractivity contribution is 0.170. The molecule has 1 unspecified atom stereocenters. The van der Waals surface area contributed by atoms with Gasteiger partial charge in [-0.15, -0.1) is 12.4 Å². The van der Waals surface area contributed by atoms with Gasteiger partial charge in [0.2, 0.25) is 10.0 Å².